The topological polar surface area (TPSA) is 92.4 Å². The van der Waals surface area contributed by atoms with Gasteiger partial charge in [0, 0.05) is 6.54 Å². The van der Waals surface area contributed by atoms with Gasteiger partial charge >= 0.3 is 5.97 Å². The Labute approximate surface area is 127 Å². The number of hydrogen-bond donors (Lipinski definition) is 3. The second-order valence-electron chi connectivity index (χ2n) is 4.69. The van der Waals surface area contributed by atoms with E-state index in [1.807, 2.05) is 6.92 Å². The first-order valence-corrected chi connectivity index (χ1v) is 6.74. The van der Waals surface area contributed by atoms with Crippen molar-refractivity contribution in [3.8, 4) is 0 Å². The normalized spacial score (nSPS) is 13.7. The summed E-state index contributed by atoms with van der Waals surface area (Å²) < 4.78 is 0. The van der Waals surface area contributed by atoms with E-state index in [1.54, 1.807) is 6.92 Å². The maximum atomic E-state index is 12.2. The molecule has 0 bridgehead atoms. The van der Waals surface area contributed by atoms with Crippen molar-refractivity contribution >= 4 is 40.8 Å². The molecule has 0 aliphatic heterocycles. The number of carbonyl (C=O) groups is 2. The number of halogens is 2. The smallest absolute Gasteiger partial charge is 0.335 e. The molecule has 0 saturated carbocycles. The molecule has 1 atom stereocenters. The minimum atomic E-state index is -1.15. The van der Waals surface area contributed by atoms with Crippen LogP contribution in [-0.2, 0) is 4.79 Å². The molecule has 1 unspecified atom stereocenters. The van der Waals surface area contributed by atoms with Crippen molar-refractivity contribution in [2.45, 2.75) is 20.3 Å². The Morgan fingerprint density at radius 3 is 2.20 bits per heavy atom. The van der Waals surface area contributed by atoms with Gasteiger partial charge in [0.25, 0.3) is 0 Å². The molecule has 0 saturated heterocycles. The quantitative estimate of drug-likeness (QED) is 0.778. The summed E-state index contributed by atoms with van der Waals surface area (Å²) in [5.74, 6) is -1.46. The molecule has 5 nitrogen and oxygen atoms in total. The van der Waals surface area contributed by atoms with Crippen LogP contribution >= 0.6 is 23.2 Å². The predicted octanol–water partition coefficient (Wildman–Crippen LogP) is 3.01. The van der Waals surface area contributed by atoms with Gasteiger partial charge in [0.15, 0.2) is 0 Å². The van der Waals surface area contributed by atoms with E-state index < -0.39 is 11.4 Å². The lowest BCUT2D eigenvalue weighted by Gasteiger charge is -2.25. The van der Waals surface area contributed by atoms with Gasteiger partial charge in [-0.15, -0.1) is 0 Å². The zero-order chi connectivity index (χ0) is 15.5. The summed E-state index contributed by atoms with van der Waals surface area (Å²) >= 11 is 11.9. The molecule has 0 aromatic heterocycles. The fourth-order valence-electron chi connectivity index (χ4n) is 1.48. The predicted molar refractivity (Wildman–Crippen MR) is 79.5 cm³/mol. The molecular formula is C13H16Cl2N2O3. The van der Waals surface area contributed by atoms with Crippen LogP contribution in [0, 0.1) is 5.41 Å². The summed E-state index contributed by atoms with van der Waals surface area (Å²) in [7, 11) is 0. The van der Waals surface area contributed by atoms with Crippen molar-refractivity contribution in [1.29, 1.82) is 0 Å². The minimum absolute atomic E-state index is 0.0462. The van der Waals surface area contributed by atoms with Crippen molar-refractivity contribution < 1.29 is 14.7 Å². The standard InChI is InChI=1S/C13H16Cl2N2O3/c1-3-13(2,6-16)12(20)17-10-8(14)4-7(11(18)19)5-9(10)15/h4-5H,3,6,16H2,1-2H3,(H,17,20)(H,18,19). The van der Waals surface area contributed by atoms with Gasteiger partial charge in [0.2, 0.25) is 5.91 Å². The number of amides is 1. The van der Waals surface area contributed by atoms with Crippen LogP contribution < -0.4 is 11.1 Å². The van der Waals surface area contributed by atoms with Crippen LogP contribution in [0.1, 0.15) is 30.6 Å². The number of rotatable bonds is 5. The van der Waals surface area contributed by atoms with E-state index in [0.29, 0.717) is 6.42 Å². The highest BCUT2D eigenvalue weighted by molar-refractivity contribution is 6.40. The molecule has 20 heavy (non-hydrogen) atoms. The number of anilines is 1. The highest BCUT2D eigenvalue weighted by Gasteiger charge is 2.30. The van der Waals surface area contributed by atoms with Gasteiger partial charge in [-0.3, -0.25) is 4.79 Å². The Balaban J connectivity index is 3.11. The first kappa shape index (κ1) is 16.8. The molecule has 7 heteroatoms. The molecule has 1 aromatic rings. The maximum Gasteiger partial charge on any atom is 0.335 e. The van der Waals surface area contributed by atoms with Gasteiger partial charge in [-0.05, 0) is 25.5 Å². The average Bonchev–Trinajstić information content (AvgIpc) is 2.41. The minimum Gasteiger partial charge on any atom is -0.478 e. The van der Waals surface area contributed by atoms with Gasteiger partial charge in [-0.25, -0.2) is 4.79 Å². The van der Waals surface area contributed by atoms with Gasteiger partial charge in [-0.2, -0.15) is 0 Å². The van der Waals surface area contributed by atoms with E-state index >= 15 is 0 Å². The summed E-state index contributed by atoms with van der Waals surface area (Å²) in [6.07, 6.45) is 0.553. The van der Waals surface area contributed by atoms with Crippen LogP contribution in [0.5, 0.6) is 0 Å². The number of benzene rings is 1. The van der Waals surface area contributed by atoms with Crippen molar-refractivity contribution in [3.05, 3.63) is 27.7 Å². The van der Waals surface area contributed by atoms with Gasteiger partial charge < -0.3 is 16.2 Å². The summed E-state index contributed by atoms with van der Waals surface area (Å²) in [4.78, 5) is 23.1. The van der Waals surface area contributed by atoms with Crippen molar-refractivity contribution in [1.82, 2.24) is 0 Å². The SMILES string of the molecule is CCC(C)(CN)C(=O)Nc1c(Cl)cc(C(=O)O)cc1Cl. The van der Waals surface area contributed by atoms with Crippen molar-refractivity contribution in [2.24, 2.45) is 11.1 Å². The van der Waals surface area contributed by atoms with E-state index in [0.717, 1.165) is 0 Å². The van der Waals surface area contributed by atoms with E-state index in [4.69, 9.17) is 34.0 Å². The maximum absolute atomic E-state index is 12.2. The molecule has 0 fully saturated rings. The van der Waals surface area contributed by atoms with Gasteiger partial charge in [0.1, 0.15) is 0 Å². The Kier molecular flexibility index (Phi) is 5.39. The fourth-order valence-corrected chi connectivity index (χ4v) is 2.06. The zero-order valence-electron chi connectivity index (χ0n) is 11.2. The molecule has 0 heterocycles. The number of carboxylic acid groups (broad SMARTS) is 1. The Bertz CT molecular complexity index is 519. The van der Waals surface area contributed by atoms with Crippen LogP contribution in [0.4, 0.5) is 5.69 Å². The fraction of sp³-hybridized carbons (Fsp3) is 0.385. The number of carbonyl (C=O) groups excluding carboxylic acids is 1. The van der Waals surface area contributed by atoms with E-state index in [2.05, 4.69) is 5.32 Å². The van der Waals surface area contributed by atoms with E-state index in [1.165, 1.54) is 12.1 Å². The molecule has 0 aliphatic carbocycles. The zero-order valence-corrected chi connectivity index (χ0v) is 12.7. The molecule has 0 spiro atoms. The molecule has 0 radical (unpaired) electrons. The molecule has 0 aliphatic rings. The lowest BCUT2D eigenvalue weighted by Crippen LogP contribution is -2.39. The number of hydrogen-bond acceptors (Lipinski definition) is 3. The van der Waals surface area contributed by atoms with Crippen LogP contribution in [0.15, 0.2) is 12.1 Å². The molecular weight excluding hydrogens is 303 g/mol. The summed E-state index contributed by atoms with van der Waals surface area (Å²) in [6, 6.07) is 2.47. The third kappa shape index (κ3) is 3.42. The first-order chi connectivity index (χ1) is 9.25. The second kappa shape index (κ2) is 6.43. The highest BCUT2D eigenvalue weighted by atomic mass is 35.5. The van der Waals surface area contributed by atoms with Crippen LogP contribution in [-0.4, -0.2) is 23.5 Å². The number of nitrogens with one attached hydrogen (secondary N) is 1. The Morgan fingerprint density at radius 2 is 1.85 bits per heavy atom. The van der Waals surface area contributed by atoms with Crippen LogP contribution in [0.25, 0.3) is 0 Å². The largest absolute Gasteiger partial charge is 0.478 e. The van der Waals surface area contributed by atoms with E-state index in [9.17, 15) is 9.59 Å². The van der Waals surface area contributed by atoms with Gasteiger partial charge in [-0.1, -0.05) is 30.1 Å². The summed E-state index contributed by atoms with van der Waals surface area (Å²) in [5.41, 5.74) is 5.01. The van der Waals surface area contributed by atoms with Crippen molar-refractivity contribution in [2.75, 3.05) is 11.9 Å². The highest BCUT2D eigenvalue weighted by Crippen LogP contribution is 2.33. The molecule has 1 amide bonds. The van der Waals surface area contributed by atoms with E-state index in [-0.39, 0.29) is 33.7 Å². The lowest BCUT2D eigenvalue weighted by atomic mass is 9.86. The molecule has 1 rings (SSSR count). The summed E-state index contributed by atoms with van der Waals surface area (Å²) in [6.45, 7) is 3.76. The summed E-state index contributed by atoms with van der Waals surface area (Å²) in [5, 5.41) is 11.6. The third-order valence-corrected chi connectivity index (χ3v) is 3.90. The molecule has 1 aromatic carbocycles. The lowest BCUT2D eigenvalue weighted by molar-refractivity contribution is -0.124. The first-order valence-electron chi connectivity index (χ1n) is 5.99. The number of carboxylic acids is 1. The number of nitrogens with two attached hydrogens (primary N) is 1. The molecule has 110 valence electrons. The Hall–Kier alpha value is -1.30. The Morgan fingerprint density at radius 1 is 1.35 bits per heavy atom. The van der Waals surface area contributed by atoms with Gasteiger partial charge in [0.05, 0.1) is 26.7 Å². The molecule has 4 N–H and O–H groups in total. The monoisotopic (exact) mass is 318 g/mol. The average molecular weight is 319 g/mol. The van der Waals surface area contributed by atoms with Crippen molar-refractivity contribution in [3.63, 3.8) is 0 Å². The van der Waals surface area contributed by atoms with Crippen LogP contribution in [0.2, 0.25) is 10.0 Å². The van der Waals surface area contributed by atoms with Crippen LogP contribution in [0.3, 0.4) is 0 Å². The second-order valence-corrected chi connectivity index (χ2v) is 5.51. The number of aromatic carboxylic acids is 1. The third-order valence-electron chi connectivity index (χ3n) is 3.31.